The van der Waals surface area contributed by atoms with Gasteiger partial charge in [-0.25, -0.2) is 0 Å². The molecule has 0 amide bonds. The van der Waals surface area contributed by atoms with Crippen LogP contribution in [-0.2, 0) is 9.53 Å². The van der Waals surface area contributed by atoms with Crippen molar-refractivity contribution in [2.24, 2.45) is 5.73 Å². The summed E-state index contributed by atoms with van der Waals surface area (Å²) in [6, 6.07) is 0. The molecular weight excluding hydrogens is 234 g/mol. The minimum absolute atomic E-state index is 0.195. The summed E-state index contributed by atoms with van der Waals surface area (Å²) in [4.78, 5) is 12.5. The van der Waals surface area contributed by atoms with Crippen LogP contribution in [0.1, 0.15) is 6.92 Å². The van der Waals surface area contributed by atoms with Crippen LogP contribution in [0.4, 0.5) is 0 Å². The van der Waals surface area contributed by atoms with Gasteiger partial charge in [0.1, 0.15) is 18.3 Å². The van der Waals surface area contributed by atoms with Gasteiger partial charge in [0.05, 0.1) is 5.70 Å². The Labute approximate surface area is 106 Å². The Bertz CT molecular complexity index is 382. The summed E-state index contributed by atoms with van der Waals surface area (Å²) in [5.41, 5.74) is 10.0. The Morgan fingerprint density at radius 1 is 1.61 bits per heavy atom. The summed E-state index contributed by atoms with van der Waals surface area (Å²) in [6.45, 7) is 3.56. The number of carbonyl (C=O) groups is 1. The lowest BCUT2D eigenvalue weighted by Crippen LogP contribution is -2.63. The number of carbonyl (C=O) groups excluding carboxylic acids is 1. The van der Waals surface area contributed by atoms with Gasteiger partial charge >= 0.3 is 0 Å². The van der Waals surface area contributed by atoms with E-state index >= 15 is 0 Å². The smallest absolute Gasteiger partial charge is 0.150 e. The van der Waals surface area contributed by atoms with Gasteiger partial charge in [-0.2, -0.15) is 5.43 Å². The fraction of sp³-hybridized carbons (Fsp3) is 0.545. The monoisotopic (exact) mass is 253 g/mol. The first-order valence-electron chi connectivity index (χ1n) is 5.89. The summed E-state index contributed by atoms with van der Waals surface area (Å²) >= 11 is 0. The third-order valence-corrected chi connectivity index (χ3v) is 3.08. The molecule has 0 saturated carbocycles. The van der Waals surface area contributed by atoms with E-state index in [-0.39, 0.29) is 12.5 Å². The van der Waals surface area contributed by atoms with Crippen LogP contribution in [0.5, 0.6) is 0 Å². The largest absolute Gasteiger partial charge is 0.368 e. The molecule has 0 aromatic carbocycles. The van der Waals surface area contributed by atoms with Gasteiger partial charge in [0.2, 0.25) is 0 Å². The normalized spacial score (nSPS) is 25.4. The maximum Gasteiger partial charge on any atom is 0.150 e. The van der Waals surface area contributed by atoms with Crippen LogP contribution in [0.25, 0.3) is 0 Å². The number of rotatable bonds is 4. The van der Waals surface area contributed by atoms with Gasteiger partial charge in [0.25, 0.3) is 0 Å². The van der Waals surface area contributed by atoms with Crippen molar-refractivity contribution in [2.75, 3.05) is 20.2 Å². The molecular formula is C11H19N5O2. The van der Waals surface area contributed by atoms with Crippen molar-refractivity contribution in [1.82, 2.24) is 20.7 Å². The van der Waals surface area contributed by atoms with Gasteiger partial charge in [-0.3, -0.25) is 15.5 Å². The Morgan fingerprint density at radius 2 is 2.39 bits per heavy atom. The molecule has 0 radical (unpaired) electrons. The quantitative estimate of drug-likeness (QED) is 0.432. The van der Waals surface area contributed by atoms with Crippen LogP contribution < -0.4 is 16.5 Å². The fourth-order valence-corrected chi connectivity index (χ4v) is 2.12. The van der Waals surface area contributed by atoms with Crippen molar-refractivity contribution in [3.8, 4) is 0 Å². The van der Waals surface area contributed by atoms with Gasteiger partial charge in [-0.05, 0) is 19.1 Å². The third kappa shape index (κ3) is 2.20. The average Bonchev–Trinajstić information content (AvgIpc) is 2.86. The Kier molecular flexibility index (Phi) is 3.85. The van der Waals surface area contributed by atoms with E-state index in [1.54, 1.807) is 13.2 Å². The zero-order valence-corrected chi connectivity index (χ0v) is 10.6. The van der Waals surface area contributed by atoms with Crippen LogP contribution in [0.15, 0.2) is 23.7 Å². The lowest BCUT2D eigenvalue weighted by atomic mass is 10.3. The van der Waals surface area contributed by atoms with Crippen molar-refractivity contribution >= 4 is 6.29 Å². The molecule has 0 aromatic rings. The van der Waals surface area contributed by atoms with E-state index in [9.17, 15) is 4.79 Å². The lowest BCUT2D eigenvalue weighted by molar-refractivity contribution is -0.104. The van der Waals surface area contributed by atoms with Crippen molar-refractivity contribution in [2.45, 2.75) is 19.4 Å². The van der Waals surface area contributed by atoms with Gasteiger partial charge < -0.3 is 15.0 Å². The van der Waals surface area contributed by atoms with Crippen molar-refractivity contribution in [3.63, 3.8) is 0 Å². The predicted octanol–water partition coefficient (Wildman–Crippen LogP) is -1.13. The summed E-state index contributed by atoms with van der Waals surface area (Å²) in [6.07, 6.45) is 3.44. The Morgan fingerprint density at radius 3 is 3.06 bits per heavy atom. The summed E-state index contributed by atoms with van der Waals surface area (Å²) in [5, 5.41) is 5.09. The van der Waals surface area contributed by atoms with Gasteiger partial charge in [0, 0.05) is 20.2 Å². The number of nitrogens with two attached hydrogens (primary N) is 1. The molecule has 7 heteroatoms. The Hall–Kier alpha value is -1.57. The maximum atomic E-state index is 10.5. The molecule has 2 aliphatic heterocycles. The zero-order chi connectivity index (χ0) is 13.1. The molecule has 2 heterocycles. The van der Waals surface area contributed by atoms with Gasteiger partial charge in [0.15, 0.2) is 6.29 Å². The highest BCUT2D eigenvalue weighted by molar-refractivity contribution is 5.65. The van der Waals surface area contributed by atoms with Crippen LogP contribution in [0, 0.1) is 0 Å². The molecule has 0 aromatic heterocycles. The average molecular weight is 253 g/mol. The van der Waals surface area contributed by atoms with Crippen LogP contribution in [-0.4, -0.2) is 48.9 Å². The second kappa shape index (κ2) is 5.38. The number of hydrogen-bond acceptors (Lipinski definition) is 7. The molecule has 7 nitrogen and oxygen atoms in total. The number of aldehydes is 1. The van der Waals surface area contributed by atoms with Crippen molar-refractivity contribution in [3.05, 3.63) is 23.7 Å². The van der Waals surface area contributed by atoms with Crippen LogP contribution >= 0.6 is 0 Å². The number of hydrogen-bond donors (Lipinski definition) is 3. The molecule has 0 bridgehead atoms. The fourth-order valence-electron chi connectivity index (χ4n) is 2.12. The molecule has 2 rings (SSSR count). The van der Waals surface area contributed by atoms with E-state index in [0.717, 1.165) is 30.9 Å². The zero-order valence-electron chi connectivity index (χ0n) is 10.6. The highest BCUT2D eigenvalue weighted by Gasteiger charge is 2.34. The molecule has 100 valence electrons. The minimum Gasteiger partial charge on any atom is -0.368 e. The number of methoxy groups -OCH3 is 1. The summed E-state index contributed by atoms with van der Waals surface area (Å²) in [5.74, 6) is 0.920. The molecule has 2 atom stereocenters. The number of ether oxygens (including phenoxy) is 1. The van der Waals surface area contributed by atoms with Gasteiger partial charge in [-0.15, -0.1) is 0 Å². The number of nitrogens with zero attached hydrogens (tertiary/aromatic N) is 2. The predicted molar refractivity (Wildman–Crippen MR) is 66.4 cm³/mol. The number of allylic oxidation sites excluding steroid dienone is 2. The minimum atomic E-state index is -0.305. The van der Waals surface area contributed by atoms with E-state index in [0.29, 0.717) is 0 Å². The number of nitrogens with one attached hydrogen (secondary N) is 2. The Balaban J connectivity index is 2.37. The second-order valence-electron chi connectivity index (χ2n) is 4.13. The van der Waals surface area contributed by atoms with E-state index in [1.165, 1.54) is 6.08 Å². The summed E-state index contributed by atoms with van der Waals surface area (Å²) < 4.78 is 5.30. The van der Waals surface area contributed by atoms with E-state index < -0.39 is 0 Å². The van der Waals surface area contributed by atoms with E-state index in [2.05, 4.69) is 10.7 Å². The number of fused-ring (bicyclic) bond motifs is 1. The number of hydrazine groups is 1. The van der Waals surface area contributed by atoms with Crippen LogP contribution in [0.3, 0.4) is 0 Å². The van der Waals surface area contributed by atoms with Crippen LogP contribution in [0.2, 0.25) is 0 Å². The van der Waals surface area contributed by atoms with E-state index in [1.807, 2.05) is 16.8 Å². The van der Waals surface area contributed by atoms with Crippen molar-refractivity contribution in [1.29, 1.82) is 0 Å². The molecule has 4 N–H and O–H groups in total. The molecule has 0 spiro atoms. The van der Waals surface area contributed by atoms with Crippen molar-refractivity contribution < 1.29 is 9.53 Å². The molecule has 1 saturated heterocycles. The first-order chi connectivity index (χ1) is 8.69. The lowest BCUT2D eigenvalue weighted by Gasteiger charge is -2.43. The first kappa shape index (κ1) is 12.9. The highest BCUT2D eigenvalue weighted by atomic mass is 16.5. The third-order valence-electron chi connectivity index (χ3n) is 3.08. The second-order valence-corrected chi connectivity index (χ2v) is 4.13. The highest BCUT2D eigenvalue weighted by Crippen LogP contribution is 2.23. The first-order valence-corrected chi connectivity index (χ1v) is 5.89. The SMILES string of the molecule is CO[C@H](C)N1N[C@@H](N)N2CCNC2=C1C=CC=O. The molecule has 0 aliphatic carbocycles. The maximum absolute atomic E-state index is 10.5. The molecule has 0 unspecified atom stereocenters. The summed E-state index contributed by atoms with van der Waals surface area (Å²) in [7, 11) is 1.62. The molecule has 1 fully saturated rings. The molecule has 2 aliphatic rings. The molecule has 18 heavy (non-hydrogen) atoms. The standard InChI is InChI=1S/C11H19N5O2/c1-8(18-2)16-9(4-3-7-17)10-13-5-6-15(10)11(12)14-16/h3-4,7-8,11,13-14H,5-6,12H2,1-2H3/t8-,11-/m1/s1. The topological polar surface area (TPSA) is 82.9 Å². The van der Waals surface area contributed by atoms with Gasteiger partial charge in [-0.1, -0.05) is 0 Å². The van der Waals surface area contributed by atoms with E-state index in [4.69, 9.17) is 10.5 Å².